The van der Waals surface area contributed by atoms with Gasteiger partial charge < -0.3 is 15.2 Å². The maximum Gasteiger partial charge on any atom is 0.304 e. The predicted molar refractivity (Wildman–Crippen MR) is 92.5 cm³/mol. The molecule has 24 heavy (non-hydrogen) atoms. The number of carboxylic acids is 1. The normalized spacial score (nSPS) is 11.6. The molecule has 0 aliphatic carbocycles. The molecule has 2 aromatic rings. The molecular formula is C18H18ClNO4. The van der Waals surface area contributed by atoms with Crippen molar-refractivity contribution >= 4 is 29.2 Å². The third-order valence-corrected chi connectivity index (χ3v) is 3.80. The van der Waals surface area contributed by atoms with Gasteiger partial charge >= 0.3 is 5.97 Å². The van der Waals surface area contributed by atoms with Gasteiger partial charge in [-0.1, -0.05) is 23.7 Å². The van der Waals surface area contributed by atoms with Crippen molar-refractivity contribution in [1.29, 1.82) is 0 Å². The number of methoxy groups -OCH3 is 1. The minimum absolute atomic E-state index is 0.245. The summed E-state index contributed by atoms with van der Waals surface area (Å²) in [6.07, 6.45) is 0.0845. The number of carbonyl (C=O) groups is 2. The lowest BCUT2D eigenvalue weighted by Crippen LogP contribution is -2.27. The Morgan fingerprint density at radius 2 is 1.75 bits per heavy atom. The molecule has 1 unspecified atom stereocenters. The SMILES string of the molecule is COc1ccc(CC(CC(=O)O)C(=O)Nc2ccc(Cl)cc2)cc1. The van der Waals surface area contributed by atoms with Crippen molar-refractivity contribution in [3.05, 3.63) is 59.1 Å². The average molecular weight is 348 g/mol. The lowest BCUT2D eigenvalue weighted by Gasteiger charge is -2.15. The number of aliphatic carboxylic acids is 1. The molecule has 0 saturated heterocycles. The maximum atomic E-state index is 12.4. The van der Waals surface area contributed by atoms with Crippen LogP contribution in [-0.4, -0.2) is 24.1 Å². The number of anilines is 1. The molecule has 0 radical (unpaired) electrons. The molecule has 5 nitrogen and oxygen atoms in total. The van der Waals surface area contributed by atoms with Gasteiger partial charge in [0.2, 0.25) is 5.91 Å². The highest BCUT2D eigenvalue weighted by atomic mass is 35.5. The lowest BCUT2D eigenvalue weighted by molar-refractivity contribution is -0.140. The van der Waals surface area contributed by atoms with Crippen LogP contribution in [0.3, 0.4) is 0 Å². The molecule has 2 N–H and O–H groups in total. The molecule has 0 fully saturated rings. The molecule has 0 aliphatic heterocycles. The van der Waals surface area contributed by atoms with E-state index in [-0.39, 0.29) is 12.3 Å². The summed E-state index contributed by atoms with van der Waals surface area (Å²) in [5.41, 5.74) is 1.45. The summed E-state index contributed by atoms with van der Waals surface area (Å²) in [5.74, 6) is -1.32. The molecular weight excluding hydrogens is 330 g/mol. The van der Waals surface area contributed by atoms with Gasteiger partial charge in [-0.25, -0.2) is 0 Å². The largest absolute Gasteiger partial charge is 0.497 e. The molecule has 2 aromatic carbocycles. The zero-order valence-electron chi connectivity index (χ0n) is 13.2. The number of hydrogen-bond acceptors (Lipinski definition) is 3. The van der Waals surface area contributed by atoms with Crippen LogP contribution in [0.5, 0.6) is 5.75 Å². The summed E-state index contributed by atoms with van der Waals surface area (Å²) in [6.45, 7) is 0. The summed E-state index contributed by atoms with van der Waals surface area (Å²) < 4.78 is 5.09. The van der Waals surface area contributed by atoms with Gasteiger partial charge in [0.15, 0.2) is 0 Å². The number of rotatable bonds is 7. The first-order valence-corrected chi connectivity index (χ1v) is 7.77. The number of amides is 1. The highest BCUT2D eigenvalue weighted by molar-refractivity contribution is 6.30. The molecule has 1 amide bonds. The van der Waals surface area contributed by atoms with Crippen molar-refractivity contribution in [3.8, 4) is 5.75 Å². The first kappa shape index (κ1) is 17.8. The fourth-order valence-corrected chi connectivity index (χ4v) is 2.42. The second-order valence-corrected chi connectivity index (χ2v) is 5.78. The second kappa shape index (κ2) is 8.36. The number of carboxylic acid groups (broad SMARTS) is 1. The monoisotopic (exact) mass is 347 g/mol. The fourth-order valence-electron chi connectivity index (χ4n) is 2.29. The Morgan fingerprint density at radius 3 is 2.29 bits per heavy atom. The molecule has 126 valence electrons. The Bertz CT molecular complexity index is 698. The van der Waals surface area contributed by atoms with Gasteiger partial charge in [0.1, 0.15) is 5.75 Å². The van der Waals surface area contributed by atoms with Gasteiger partial charge in [-0.3, -0.25) is 9.59 Å². The Kier molecular flexibility index (Phi) is 6.21. The summed E-state index contributed by atoms with van der Waals surface area (Å²) in [5, 5.41) is 12.4. The Labute approximate surface area is 145 Å². The van der Waals surface area contributed by atoms with Gasteiger partial charge in [0.25, 0.3) is 0 Å². The van der Waals surface area contributed by atoms with Gasteiger partial charge in [-0.2, -0.15) is 0 Å². The van der Waals surface area contributed by atoms with E-state index in [1.54, 1.807) is 43.5 Å². The van der Waals surface area contributed by atoms with Crippen LogP contribution in [0, 0.1) is 5.92 Å². The number of ether oxygens (including phenoxy) is 1. The van der Waals surface area contributed by atoms with Crippen molar-refractivity contribution in [2.24, 2.45) is 5.92 Å². The van der Waals surface area contributed by atoms with Gasteiger partial charge in [-0.05, 0) is 48.4 Å². The lowest BCUT2D eigenvalue weighted by atomic mass is 9.95. The van der Waals surface area contributed by atoms with Gasteiger partial charge in [-0.15, -0.1) is 0 Å². The van der Waals surface area contributed by atoms with E-state index in [0.717, 1.165) is 5.56 Å². The molecule has 0 aromatic heterocycles. The van der Waals surface area contributed by atoms with E-state index in [2.05, 4.69) is 5.32 Å². The quantitative estimate of drug-likeness (QED) is 0.802. The predicted octanol–water partition coefficient (Wildman–Crippen LogP) is 3.62. The van der Waals surface area contributed by atoms with Crippen LogP contribution in [0.2, 0.25) is 5.02 Å². The first-order chi connectivity index (χ1) is 11.5. The second-order valence-electron chi connectivity index (χ2n) is 5.34. The number of halogens is 1. The van der Waals surface area contributed by atoms with Crippen molar-refractivity contribution in [2.75, 3.05) is 12.4 Å². The summed E-state index contributed by atoms with van der Waals surface area (Å²) in [6, 6.07) is 13.9. The topological polar surface area (TPSA) is 75.6 Å². The zero-order chi connectivity index (χ0) is 17.5. The van der Waals surface area contributed by atoms with E-state index in [1.165, 1.54) is 0 Å². The van der Waals surface area contributed by atoms with Crippen LogP contribution in [0.1, 0.15) is 12.0 Å². The third kappa shape index (κ3) is 5.28. The van der Waals surface area contributed by atoms with Crippen LogP contribution in [0.4, 0.5) is 5.69 Å². The summed E-state index contributed by atoms with van der Waals surface area (Å²) in [7, 11) is 1.57. The van der Waals surface area contributed by atoms with Crippen LogP contribution in [-0.2, 0) is 16.0 Å². The summed E-state index contributed by atoms with van der Waals surface area (Å²) >= 11 is 5.81. The first-order valence-electron chi connectivity index (χ1n) is 7.39. The average Bonchev–Trinajstić information content (AvgIpc) is 2.56. The number of carbonyl (C=O) groups excluding carboxylic acids is 1. The van der Waals surface area contributed by atoms with Crippen LogP contribution in [0.15, 0.2) is 48.5 Å². The van der Waals surface area contributed by atoms with Crippen molar-refractivity contribution in [2.45, 2.75) is 12.8 Å². The fraction of sp³-hybridized carbons (Fsp3) is 0.222. The highest BCUT2D eigenvalue weighted by Crippen LogP contribution is 2.19. The number of benzene rings is 2. The van der Waals surface area contributed by atoms with Crippen LogP contribution < -0.4 is 10.1 Å². The van der Waals surface area contributed by atoms with E-state index in [0.29, 0.717) is 22.9 Å². The molecule has 1 atom stereocenters. The highest BCUT2D eigenvalue weighted by Gasteiger charge is 2.22. The van der Waals surface area contributed by atoms with Crippen molar-refractivity contribution in [1.82, 2.24) is 0 Å². The Morgan fingerprint density at radius 1 is 1.12 bits per heavy atom. The molecule has 0 spiro atoms. The maximum absolute atomic E-state index is 12.4. The van der Waals surface area contributed by atoms with Crippen LogP contribution >= 0.6 is 11.6 Å². The molecule has 2 rings (SSSR count). The Balaban J connectivity index is 2.09. The molecule has 0 saturated carbocycles. The van der Waals surface area contributed by atoms with E-state index in [4.69, 9.17) is 21.4 Å². The smallest absolute Gasteiger partial charge is 0.304 e. The van der Waals surface area contributed by atoms with E-state index >= 15 is 0 Å². The standard InChI is InChI=1S/C18H18ClNO4/c1-24-16-8-2-12(3-9-16)10-13(11-17(21)22)18(23)20-15-6-4-14(19)5-7-15/h2-9,13H,10-11H2,1H3,(H,20,23)(H,21,22). The number of hydrogen-bond donors (Lipinski definition) is 2. The minimum atomic E-state index is -1.01. The van der Waals surface area contributed by atoms with Crippen molar-refractivity contribution < 1.29 is 19.4 Å². The van der Waals surface area contributed by atoms with Crippen molar-refractivity contribution in [3.63, 3.8) is 0 Å². The zero-order valence-corrected chi connectivity index (χ0v) is 13.9. The molecule has 0 bridgehead atoms. The van der Waals surface area contributed by atoms with Gasteiger partial charge in [0, 0.05) is 10.7 Å². The van der Waals surface area contributed by atoms with Gasteiger partial charge in [0.05, 0.1) is 19.4 Å². The molecule has 6 heteroatoms. The van der Waals surface area contributed by atoms with E-state index in [9.17, 15) is 9.59 Å². The minimum Gasteiger partial charge on any atom is -0.497 e. The number of nitrogens with one attached hydrogen (secondary N) is 1. The molecule has 0 aliphatic rings. The molecule has 0 heterocycles. The van der Waals surface area contributed by atoms with E-state index in [1.807, 2.05) is 12.1 Å². The third-order valence-electron chi connectivity index (χ3n) is 3.54. The van der Waals surface area contributed by atoms with Crippen LogP contribution in [0.25, 0.3) is 0 Å². The Hall–Kier alpha value is -2.53. The summed E-state index contributed by atoms with van der Waals surface area (Å²) in [4.78, 5) is 23.5. The van der Waals surface area contributed by atoms with E-state index < -0.39 is 11.9 Å².